The van der Waals surface area contributed by atoms with Crippen LogP contribution in [0.4, 0.5) is 0 Å². The topological polar surface area (TPSA) is 37.3 Å². The van der Waals surface area contributed by atoms with Crippen molar-refractivity contribution in [3.63, 3.8) is 0 Å². The van der Waals surface area contributed by atoms with E-state index in [4.69, 9.17) is 5.11 Å². The van der Waals surface area contributed by atoms with Crippen molar-refractivity contribution < 1.29 is 9.90 Å². The molecule has 0 saturated heterocycles. The smallest absolute Gasteiger partial charge is 0.192 e. The molecule has 38 valence electrons. The minimum absolute atomic E-state index is 0.0286. The molecule has 0 fully saturated rings. The van der Waals surface area contributed by atoms with Crippen LogP contribution in [0.3, 0.4) is 0 Å². The second-order valence-corrected chi connectivity index (χ2v) is 0.913. The van der Waals surface area contributed by atoms with Gasteiger partial charge in [-0.25, -0.2) is 0 Å². The van der Waals surface area contributed by atoms with Crippen molar-refractivity contribution in [2.24, 2.45) is 0 Å². The van der Waals surface area contributed by atoms with Gasteiger partial charge in [-0.05, 0) is 5.92 Å². The molecule has 0 aromatic rings. The summed E-state index contributed by atoms with van der Waals surface area (Å²) < 4.78 is 0. The molecule has 0 aliphatic heterocycles. The van der Waals surface area contributed by atoms with E-state index in [1.165, 1.54) is 0 Å². The average molecular weight is 98.1 g/mol. The van der Waals surface area contributed by atoms with Gasteiger partial charge in [-0.3, -0.25) is 4.79 Å². The minimum Gasteiger partial charge on any atom is -0.395 e. The highest BCUT2D eigenvalue weighted by Gasteiger charge is 1.66. The van der Waals surface area contributed by atoms with Gasteiger partial charge in [0.2, 0.25) is 0 Å². The fourth-order valence-corrected chi connectivity index (χ4v) is 0.170. The van der Waals surface area contributed by atoms with Crippen LogP contribution >= 0.6 is 0 Å². The predicted molar refractivity (Wildman–Crippen MR) is 25.5 cm³/mol. The van der Waals surface area contributed by atoms with Gasteiger partial charge < -0.3 is 5.11 Å². The fourth-order valence-electron chi connectivity index (χ4n) is 0.170. The van der Waals surface area contributed by atoms with Crippen LogP contribution in [0.2, 0.25) is 0 Å². The molecule has 0 radical (unpaired) electrons. The Labute approximate surface area is 42.2 Å². The first-order valence-electron chi connectivity index (χ1n) is 1.94. The van der Waals surface area contributed by atoms with E-state index in [9.17, 15) is 4.79 Å². The van der Waals surface area contributed by atoms with Crippen LogP contribution in [-0.2, 0) is 4.79 Å². The lowest BCUT2D eigenvalue weighted by Gasteiger charge is -1.72. The Balaban J connectivity index is 3.07. The molecule has 0 unspecified atom stereocenters. The molecule has 0 aliphatic carbocycles. The van der Waals surface area contributed by atoms with E-state index < -0.39 is 0 Å². The molecule has 2 nitrogen and oxygen atoms in total. The van der Waals surface area contributed by atoms with E-state index in [-0.39, 0.29) is 6.61 Å². The van der Waals surface area contributed by atoms with Gasteiger partial charge in [0, 0.05) is 6.42 Å². The Bertz CT molecular complexity index is 96.4. The second kappa shape index (κ2) is 5.19. The zero-order valence-corrected chi connectivity index (χ0v) is 3.85. The monoisotopic (exact) mass is 98.0 g/mol. The standard InChI is InChI=1S/C5H6O2/c6-4-2-1-3-5-7/h5-6H,2,4H2. The molecule has 0 aliphatic rings. The van der Waals surface area contributed by atoms with Crippen LogP contribution < -0.4 is 0 Å². The van der Waals surface area contributed by atoms with Crippen LogP contribution in [0.25, 0.3) is 0 Å². The highest BCUT2D eigenvalue weighted by Crippen LogP contribution is 1.65. The summed E-state index contributed by atoms with van der Waals surface area (Å²) in [5.74, 6) is 4.58. The van der Waals surface area contributed by atoms with Crippen molar-refractivity contribution in [1.29, 1.82) is 0 Å². The number of carbonyl (C=O) groups excluding carboxylic acids is 1. The lowest BCUT2D eigenvalue weighted by molar-refractivity contribution is -0.103. The molecule has 0 aromatic heterocycles. The molecule has 7 heavy (non-hydrogen) atoms. The molecular formula is C5H6O2. The molecule has 0 spiro atoms. The van der Waals surface area contributed by atoms with Gasteiger partial charge in [-0.15, -0.1) is 0 Å². The number of carbonyl (C=O) groups is 1. The SMILES string of the molecule is O=CC#CCCO. The summed E-state index contributed by atoms with van der Waals surface area (Å²) in [5.41, 5.74) is 0. The molecule has 0 aromatic carbocycles. The largest absolute Gasteiger partial charge is 0.395 e. The number of hydrogen-bond donors (Lipinski definition) is 1. The van der Waals surface area contributed by atoms with E-state index in [1.54, 1.807) is 0 Å². The van der Waals surface area contributed by atoms with Crippen LogP contribution in [0.5, 0.6) is 0 Å². The number of hydrogen-bond acceptors (Lipinski definition) is 2. The van der Waals surface area contributed by atoms with Crippen molar-refractivity contribution in [1.82, 2.24) is 0 Å². The first-order valence-corrected chi connectivity index (χ1v) is 1.94. The maximum Gasteiger partial charge on any atom is 0.192 e. The van der Waals surface area contributed by atoms with Gasteiger partial charge >= 0.3 is 0 Å². The number of aldehydes is 1. The molecule has 0 amide bonds. The summed E-state index contributed by atoms with van der Waals surface area (Å²) in [6, 6.07) is 0. The summed E-state index contributed by atoms with van der Waals surface area (Å²) in [5, 5.41) is 8.07. The lowest BCUT2D eigenvalue weighted by Crippen LogP contribution is -1.75. The van der Waals surface area contributed by atoms with Crippen LogP contribution in [0.1, 0.15) is 6.42 Å². The van der Waals surface area contributed by atoms with Gasteiger partial charge in [0.25, 0.3) is 0 Å². The summed E-state index contributed by atoms with van der Waals surface area (Å²) in [7, 11) is 0. The highest BCUT2D eigenvalue weighted by atomic mass is 16.2. The molecule has 1 N–H and O–H groups in total. The van der Waals surface area contributed by atoms with Crippen LogP contribution in [0, 0.1) is 11.8 Å². The first-order chi connectivity index (χ1) is 3.41. The van der Waals surface area contributed by atoms with Crippen LogP contribution in [0.15, 0.2) is 0 Å². The molecule has 0 rings (SSSR count). The number of aliphatic hydroxyl groups is 1. The summed E-state index contributed by atoms with van der Waals surface area (Å²) in [4.78, 5) is 9.42. The van der Waals surface area contributed by atoms with Crippen molar-refractivity contribution in [3.05, 3.63) is 0 Å². The molecule has 0 saturated carbocycles. The molecule has 0 bridgehead atoms. The highest BCUT2D eigenvalue weighted by molar-refractivity contribution is 5.72. The predicted octanol–water partition coefficient (Wildman–Crippen LogP) is -0.429. The average Bonchev–Trinajstić information content (AvgIpc) is 1.69. The summed E-state index contributed by atoms with van der Waals surface area (Å²) >= 11 is 0. The van der Waals surface area contributed by atoms with E-state index >= 15 is 0 Å². The van der Waals surface area contributed by atoms with E-state index in [0.29, 0.717) is 12.7 Å². The zero-order chi connectivity index (χ0) is 5.54. The zero-order valence-electron chi connectivity index (χ0n) is 3.85. The third kappa shape index (κ3) is 5.19. The third-order valence-corrected chi connectivity index (χ3v) is 0.398. The Morgan fingerprint density at radius 3 is 2.86 bits per heavy atom. The van der Waals surface area contributed by atoms with Crippen molar-refractivity contribution in [2.45, 2.75) is 6.42 Å². The van der Waals surface area contributed by atoms with E-state index in [1.807, 2.05) is 0 Å². The van der Waals surface area contributed by atoms with E-state index in [2.05, 4.69) is 11.8 Å². The Morgan fingerprint density at radius 1 is 1.71 bits per heavy atom. The number of rotatable bonds is 1. The molecule has 0 atom stereocenters. The van der Waals surface area contributed by atoms with Gasteiger partial charge in [-0.1, -0.05) is 5.92 Å². The van der Waals surface area contributed by atoms with E-state index in [0.717, 1.165) is 0 Å². The maximum atomic E-state index is 9.42. The lowest BCUT2D eigenvalue weighted by atomic mass is 10.4. The van der Waals surface area contributed by atoms with Crippen LogP contribution in [-0.4, -0.2) is 18.0 Å². The number of aliphatic hydroxyl groups excluding tert-OH is 1. The van der Waals surface area contributed by atoms with Gasteiger partial charge in [0.05, 0.1) is 6.61 Å². The van der Waals surface area contributed by atoms with Gasteiger partial charge in [0.1, 0.15) is 0 Å². The van der Waals surface area contributed by atoms with Gasteiger partial charge in [-0.2, -0.15) is 0 Å². The maximum absolute atomic E-state index is 9.42. The quantitative estimate of drug-likeness (QED) is 0.357. The Kier molecular flexibility index (Phi) is 4.59. The Morgan fingerprint density at radius 2 is 2.43 bits per heavy atom. The van der Waals surface area contributed by atoms with Gasteiger partial charge in [0.15, 0.2) is 6.29 Å². The summed E-state index contributed by atoms with van der Waals surface area (Å²) in [6.45, 7) is 0.0286. The first kappa shape index (κ1) is 6.19. The minimum atomic E-state index is 0.0286. The second-order valence-electron chi connectivity index (χ2n) is 0.913. The Hall–Kier alpha value is -0.810. The third-order valence-electron chi connectivity index (χ3n) is 0.398. The summed E-state index contributed by atoms with van der Waals surface area (Å²) in [6.07, 6.45) is 0.897. The molecule has 2 heteroatoms. The normalized spacial score (nSPS) is 6.43. The molecular weight excluding hydrogens is 92.1 g/mol. The van der Waals surface area contributed by atoms with Crippen molar-refractivity contribution in [2.75, 3.05) is 6.61 Å². The molecule has 0 heterocycles. The van der Waals surface area contributed by atoms with Crippen molar-refractivity contribution >= 4 is 6.29 Å². The van der Waals surface area contributed by atoms with Crippen molar-refractivity contribution in [3.8, 4) is 11.8 Å². The fraction of sp³-hybridized carbons (Fsp3) is 0.400.